The third-order valence-electron chi connectivity index (χ3n) is 2.15. The van der Waals surface area contributed by atoms with Crippen molar-refractivity contribution >= 4 is 15.8 Å². The van der Waals surface area contributed by atoms with Gasteiger partial charge in [-0.15, -0.1) is 0 Å². The predicted molar refractivity (Wildman–Crippen MR) is 66.9 cm³/mol. The first-order valence-electron chi connectivity index (χ1n) is 5.32. The smallest absolute Gasteiger partial charge is 0.246 e. The maximum absolute atomic E-state index is 11.9. The Balaban J connectivity index is 2.89. The SMILES string of the molecule is CCn1cc(S(=O)(=O)NCC=C(C)C)c(N)n1. The van der Waals surface area contributed by atoms with Crippen molar-refractivity contribution in [1.82, 2.24) is 14.5 Å². The van der Waals surface area contributed by atoms with Gasteiger partial charge in [0, 0.05) is 19.3 Å². The quantitative estimate of drug-likeness (QED) is 0.762. The fourth-order valence-electron chi connectivity index (χ4n) is 1.22. The van der Waals surface area contributed by atoms with Gasteiger partial charge in [0.05, 0.1) is 0 Å². The van der Waals surface area contributed by atoms with Gasteiger partial charge in [0.25, 0.3) is 0 Å². The molecule has 0 aliphatic carbocycles. The average molecular weight is 258 g/mol. The van der Waals surface area contributed by atoms with E-state index in [1.165, 1.54) is 10.9 Å². The average Bonchev–Trinajstić information content (AvgIpc) is 2.59. The van der Waals surface area contributed by atoms with E-state index in [0.717, 1.165) is 5.57 Å². The van der Waals surface area contributed by atoms with Crippen molar-refractivity contribution in [2.24, 2.45) is 0 Å². The molecule has 1 rings (SSSR count). The molecule has 1 aromatic rings. The second-order valence-electron chi connectivity index (χ2n) is 3.87. The van der Waals surface area contributed by atoms with Crippen LogP contribution < -0.4 is 10.5 Å². The third kappa shape index (κ3) is 3.57. The molecule has 0 aromatic carbocycles. The minimum Gasteiger partial charge on any atom is -0.381 e. The molecule has 0 saturated heterocycles. The number of aromatic nitrogens is 2. The van der Waals surface area contributed by atoms with E-state index in [1.54, 1.807) is 6.08 Å². The lowest BCUT2D eigenvalue weighted by molar-refractivity contribution is 0.585. The molecule has 0 spiro atoms. The van der Waals surface area contributed by atoms with Crippen LogP contribution in [0.15, 0.2) is 22.7 Å². The van der Waals surface area contributed by atoms with Gasteiger partial charge in [-0.3, -0.25) is 4.68 Å². The zero-order chi connectivity index (χ0) is 13.1. The molecular weight excluding hydrogens is 240 g/mol. The molecule has 7 heteroatoms. The Kier molecular flexibility index (Phi) is 4.30. The summed E-state index contributed by atoms with van der Waals surface area (Å²) in [5, 5.41) is 3.90. The van der Waals surface area contributed by atoms with Gasteiger partial charge in [0.2, 0.25) is 10.0 Å². The minimum atomic E-state index is -3.58. The van der Waals surface area contributed by atoms with Crippen LogP contribution in [0, 0.1) is 0 Å². The van der Waals surface area contributed by atoms with E-state index >= 15 is 0 Å². The van der Waals surface area contributed by atoms with E-state index in [1.807, 2.05) is 20.8 Å². The molecule has 0 bridgehead atoms. The van der Waals surface area contributed by atoms with Crippen LogP contribution >= 0.6 is 0 Å². The minimum absolute atomic E-state index is 0.0246. The Hall–Kier alpha value is -1.34. The van der Waals surface area contributed by atoms with Gasteiger partial charge >= 0.3 is 0 Å². The molecule has 1 aromatic heterocycles. The van der Waals surface area contributed by atoms with E-state index in [4.69, 9.17) is 5.73 Å². The third-order valence-corrected chi connectivity index (χ3v) is 3.59. The van der Waals surface area contributed by atoms with Crippen LogP contribution in [0.2, 0.25) is 0 Å². The van der Waals surface area contributed by atoms with E-state index in [0.29, 0.717) is 6.54 Å². The molecule has 0 unspecified atom stereocenters. The van der Waals surface area contributed by atoms with Crippen molar-refractivity contribution in [1.29, 1.82) is 0 Å². The van der Waals surface area contributed by atoms with Crippen LogP contribution in [0.1, 0.15) is 20.8 Å². The number of nitrogens with zero attached hydrogens (tertiary/aromatic N) is 2. The Morgan fingerprint density at radius 2 is 2.24 bits per heavy atom. The number of hydrogen-bond acceptors (Lipinski definition) is 4. The summed E-state index contributed by atoms with van der Waals surface area (Å²) in [4.78, 5) is 0.0292. The van der Waals surface area contributed by atoms with Crippen molar-refractivity contribution in [3.63, 3.8) is 0 Å². The largest absolute Gasteiger partial charge is 0.381 e. The van der Waals surface area contributed by atoms with Gasteiger partial charge < -0.3 is 5.73 Å². The number of allylic oxidation sites excluding steroid dienone is 1. The van der Waals surface area contributed by atoms with Crippen LogP contribution in [0.25, 0.3) is 0 Å². The molecule has 6 nitrogen and oxygen atoms in total. The molecule has 3 N–H and O–H groups in total. The van der Waals surface area contributed by atoms with E-state index in [9.17, 15) is 8.42 Å². The number of anilines is 1. The highest BCUT2D eigenvalue weighted by Gasteiger charge is 2.19. The normalized spacial score (nSPS) is 11.5. The first-order valence-corrected chi connectivity index (χ1v) is 6.81. The second-order valence-corrected chi connectivity index (χ2v) is 5.60. The summed E-state index contributed by atoms with van der Waals surface area (Å²) in [7, 11) is -3.58. The fraction of sp³-hybridized carbons (Fsp3) is 0.500. The van der Waals surface area contributed by atoms with Gasteiger partial charge in [-0.25, -0.2) is 13.1 Å². The number of nitrogens with two attached hydrogens (primary N) is 1. The molecule has 0 radical (unpaired) electrons. The van der Waals surface area contributed by atoms with Crippen molar-refractivity contribution in [3.05, 3.63) is 17.8 Å². The Morgan fingerprint density at radius 1 is 1.59 bits per heavy atom. The highest BCUT2D eigenvalue weighted by molar-refractivity contribution is 7.89. The molecule has 0 aliphatic heterocycles. The standard InChI is InChI=1S/C10H18N4O2S/c1-4-14-7-9(10(11)13-14)17(15,16)12-6-5-8(2)3/h5,7,12H,4,6H2,1-3H3,(H2,11,13). The van der Waals surface area contributed by atoms with Gasteiger partial charge in [0.1, 0.15) is 4.90 Å². The summed E-state index contributed by atoms with van der Waals surface area (Å²) in [6, 6.07) is 0. The second kappa shape index (κ2) is 5.33. The first-order chi connectivity index (χ1) is 7.86. The molecule has 0 amide bonds. The Morgan fingerprint density at radius 3 is 2.71 bits per heavy atom. The number of nitrogens with one attached hydrogen (secondary N) is 1. The molecule has 0 saturated carbocycles. The zero-order valence-electron chi connectivity index (χ0n) is 10.3. The maximum Gasteiger partial charge on any atom is 0.246 e. The van der Waals surface area contributed by atoms with Gasteiger partial charge in [-0.05, 0) is 20.8 Å². The van der Waals surface area contributed by atoms with Gasteiger partial charge in [0.15, 0.2) is 5.82 Å². The van der Waals surface area contributed by atoms with Crippen LogP contribution in [-0.4, -0.2) is 24.7 Å². The predicted octanol–water partition coefficient (Wildman–Crippen LogP) is 0.730. The zero-order valence-corrected chi connectivity index (χ0v) is 11.1. The fourth-order valence-corrected chi connectivity index (χ4v) is 2.26. The van der Waals surface area contributed by atoms with Crippen molar-refractivity contribution in [2.75, 3.05) is 12.3 Å². The van der Waals surface area contributed by atoms with Crippen molar-refractivity contribution < 1.29 is 8.42 Å². The molecule has 0 atom stereocenters. The Bertz CT molecular complexity index is 512. The molecule has 1 heterocycles. The molecule has 17 heavy (non-hydrogen) atoms. The maximum atomic E-state index is 11.9. The van der Waals surface area contributed by atoms with E-state index in [2.05, 4.69) is 9.82 Å². The summed E-state index contributed by atoms with van der Waals surface area (Å²) in [6.45, 7) is 6.49. The molecular formula is C10H18N4O2S. The summed E-state index contributed by atoms with van der Waals surface area (Å²) in [6.07, 6.45) is 3.22. The molecule has 96 valence electrons. The van der Waals surface area contributed by atoms with Crippen LogP contribution in [0.5, 0.6) is 0 Å². The lowest BCUT2D eigenvalue weighted by Crippen LogP contribution is -2.24. The lowest BCUT2D eigenvalue weighted by atomic mass is 10.3. The van der Waals surface area contributed by atoms with Crippen LogP contribution in [0.4, 0.5) is 5.82 Å². The summed E-state index contributed by atoms with van der Waals surface area (Å²) < 4.78 is 27.7. The number of hydrogen-bond donors (Lipinski definition) is 2. The van der Waals surface area contributed by atoms with Crippen molar-refractivity contribution in [2.45, 2.75) is 32.2 Å². The Labute approximate surface area is 102 Å². The van der Waals surface area contributed by atoms with Gasteiger partial charge in [-0.2, -0.15) is 5.10 Å². The van der Waals surface area contributed by atoms with E-state index in [-0.39, 0.29) is 17.3 Å². The number of rotatable bonds is 5. The highest BCUT2D eigenvalue weighted by Crippen LogP contribution is 2.15. The highest BCUT2D eigenvalue weighted by atomic mass is 32.2. The number of sulfonamides is 1. The van der Waals surface area contributed by atoms with Crippen LogP contribution in [-0.2, 0) is 16.6 Å². The van der Waals surface area contributed by atoms with Crippen molar-refractivity contribution in [3.8, 4) is 0 Å². The van der Waals surface area contributed by atoms with E-state index < -0.39 is 10.0 Å². The monoisotopic (exact) mass is 258 g/mol. The lowest BCUT2D eigenvalue weighted by Gasteiger charge is -2.02. The number of aryl methyl sites for hydroxylation is 1. The summed E-state index contributed by atoms with van der Waals surface area (Å²) in [5.41, 5.74) is 6.61. The van der Waals surface area contributed by atoms with Gasteiger partial charge in [-0.1, -0.05) is 11.6 Å². The molecule has 0 aliphatic rings. The summed E-state index contributed by atoms with van der Waals surface area (Å²) >= 11 is 0. The molecule has 0 fully saturated rings. The topological polar surface area (TPSA) is 90.0 Å². The first kappa shape index (κ1) is 13.7. The number of nitrogen functional groups attached to an aromatic ring is 1. The van der Waals surface area contributed by atoms with Crippen LogP contribution in [0.3, 0.4) is 0 Å². The summed E-state index contributed by atoms with van der Waals surface area (Å²) in [5.74, 6) is 0.0246.